The van der Waals surface area contributed by atoms with E-state index in [1.54, 1.807) is 11.8 Å². The summed E-state index contributed by atoms with van der Waals surface area (Å²) in [6, 6.07) is 10.2. The van der Waals surface area contributed by atoms with Crippen LogP contribution >= 0.6 is 23.5 Å². The summed E-state index contributed by atoms with van der Waals surface area (Å²) in [7, 11) is 0. The Morgan fingerprint density at radius 1 is 1.08 bits per heavy atom. The Morgan fingerprint density at radius 2 is 1.76 bits per heavy atom. The van der Waals surface area contributed by atoms with Crippen LogP contribution in [0, 0.1) is 17.3 Å². The van der Waals surface area contributed by atoms with Crippen LogP contribution in [0.3, 0.4) is 0 Å². The van der Waals surface area contributed by atoms with Gasteiger partial charge in [0.2, 0.25) is 0 Å². The van der Waals surface area contributed by atoms with Crippen LogP contribution < -0.4 is 0 Å². The van der Waals surface area contributed by atoms with E-state index in [-0.39, 0.29) is 39.0 Å². The van der Waals surface area contributed by atoms with E-state index in [1.807, 2.05) is 32.0 Å². The number of Topliss-reactive ketones (excluding diaryl/α,β-unsaturated/α-hetero) is 1. The van der Waals surface area contributed by atoms with Crippen molar-refractivity contribution in [2.24, 2.45) is 17.3 Å². The number of thioether (sulfide) groups is 2. The van der Waals surface area contributed by atoms with Crippen LogP contribution in [-0.2, 0) is 19.1 Å². The van der Waals surface area contributed by atoms with Crippen LogP contribution in [0.5, 0.6) is 0 Å². The summed E-state index contributed by atoms with van der Waals surface area (Å²) in [6.45, 7) is 16.8. The van der Waals surface area contributed by atoms with Crippen LogP contribution in [-0.4, -0.2) is 33.1 Å². The largest absolute Gasteiger partial charge is 0.344 e. The molecule has 6 heteroatoms. The van der Waals surface area contributed by atoms with E-state index < -0.39 is 11.4 Å². The second kappa shape index (κ2) is 10.5. The van der Waals surface area contributed by atoms with Crippen molar-refractivity contribution in [2.45, 2.75) is 121 Å². The molecule has 0 spiro atoms. The maximum absolute atomic E-state index is 13.9. The van der Waals surface area contributed by atoms with Crippen molar-refractivity contribution in [3.8, 4) is 0 Å². The Bertz CT molecular complexity index is 1050. The topological polar surface area (TPSA) is 52.6 Å². The van der Waals surface area contributed by atoms with E-state index in [0.717, 1.165) is 41.9 Å². The average Bonchev–Trinajstić information content (AvgIpc) is 3.22. The van der Waals surface area contributed by atoms with Gasteiger partial charge in [-0.25, -0.2) is 0 Å². The molecule has 0 N–H and O–H groups in total. The van der Waals surface area contributed by atoms with Crippen LogP contribution in [0.15, 0.2) is 45.7 Å². The number of hydrogen-bond donors (Lipinski definition) is 0. The lowest BCUT2D eigenvalue weighted by Gasteiger charge is -2.41. The first-order valence-corrected chi connectivity index (χ1v) is 15.4. The van der Waals surface area contributed by atoms with Gasteiger partial charge in [-0.2, -0.15) is 0 Å². The molecular formula is C31H44O4S2. The summed E-state index contributed by atoms with van der Waals surface area (Å²) >= 11 is 3.09. The van der Waals surface area contributed by atoms with Crippen molar-refractivity contribution >= 4 is 34.4 Å². The molecule has 1 aromatic carbocycles. The summed E-state index contributed by atoms with van der Waals surface area (Å²) in [5.74, 6) is -0.209. The van der Waals surface area contributed by atoms with Gasteiger partial charge in [-0.1, -0.05) is 69.4 Å². The van der Waals surface area contributed by atoms with Gasteiger partial charge in [-0.3, -0.25) is 9.59 Å². The highest BCUT2D eigenvalue weighted by Crippen LogP contribution is 2.60. The second-order valence-corrected chi connectivity index (χ2v) is 16.1. The average molecular weight is 545 g/mol. The van der Waals surface area contributed by atoms with Gasteiger partial charge in [0.25, 0.3) is 0 Å². The monoisotopic (exact) mass is 544 g/mol. The van der Waals surface area contributed by atoms with Crippen molar-refractivity contribution in [1.82, 2.24) is 0 Å². The summed E-state index contributed by atoms with van der Waals surface area (Å²) in [5.41, 5.74) is 0.754. The molecule has 4 rings (SSSR count). The zero-order valence-corrected chi connectivity index (χ0v) is 25.4. The number of rotatable bonds is 7. The number of ether oxygens (including phenoxy) is 2. The third-order valence-corrected chi connectivity index (χ3v) is 10.5. The molecule has 3 aliphatic rings. The molecule has 2 aliphatic carbocycles. The minimum absolute atomic E-state index is 0.0567. The molecule has 4 nitrogen and oxygen atoms in total. The van der Waals surface area contributed by atoms with Gasteiger partial charge in [0.15, 0.2) is 16.7 Å². The summed E-state index contributed by atoms with van der Waals surface area (Å²) < 4.78 is 12.3. The van der Waals surface area contributed by atoms with Crippen molar-refractivity contribution in [3.63, 3.8) is 0 Å². The number of benzene rings is 1. The van der Waals surface area contributed by atoms with Crippen LogP contribution in [0.1, 0.15) is 93.9 Å². The maximum atomic E-state index is 13.9. The number of carbonyl (C=O) groups excluding carboxylic acids is 2. The fourth-order valence-electron chi connectivity index (χ4n) is 6.67. The Balaban J connectivity index is 1.63. The molecule has 1 aromatic rings. The third kappa shape index (κ3) is 6.40. The third-order valence-electron chi connectivity index (χ3n) is 8.22. The molecule has 1 heterocycles. The van der Waals surface area contributed by atoms with E-state index in [2.05, 4.69) is 53.7 Å². The molecule has 0 radical (unpaired) electrons. The van der Waals surface area contributed by atoms with E-state index >= 15 is 0 Å². The molecule has 1 saturated heterocycles. The molecule has 1 saturated carbocycles. The van der Waals surface area contributed by atoms with Gasteiger partial charge >= 0.3 is 0 Å². The van der Waals surface area contributed by atoms with Crippen molar-refractivity contribution in [3.05, 3.63) is 40.8 Å². The quantitative estimate of drug-likeness (QED) is 0.345. The van der Waals surface area contributed by atoms with E-state index in [0.29, 0.717) is 6.42 Å². The molecule has 0 amide bonds. The lowest BCUT2D eigenvalue weighted by molar-refractivity contribution is -0.157. The molecular weight excluding hydrogens is 500 g/mol. The smallest absolute Gasteiger partial charge is 0.192 e. The van der Waals surface area contributed by atoms with Crippen molar-refractivity contribution in [1.29, 1.82) is 0 Å². The maximum Gasteiger partial charge on any atom is 0.192 e. The zero-order chi connectivity index (χ0) is 27.2. The SMILES string of the molecule is CC1(C)O[C@@H](CC[C@@H](C(=O)SC(C)(C)C)[C@H]2CCC3=C(Sc4ccccc4)C(=O)CC[C@@]32C)C(C)(C)O1. The molecule has 204 valence electrons. The fourth-order valence-corrected chi connectivity index (χ4v) is 8.91. The van der Waals surface area contributed by atoms with Crippen LogP contribution in [0.25, 0.3) is 0 Å². The Morgan fingerprint density at radius 3 is 2.35 bits per heavy atom. The van der Waals surface area contributed by atoms with Gasteiger partial charge < -0.3 is 9.47 Å². The number of hydrogen-bond acceptors (Lipinski definition) is 6. The van der Waals surface area contributed by atoms with Gasteiger partial charge in [0, 0.05) is 22.0 Å². The molecule has 4 atom stereocenters. The number of carbonyl (C=O) groups is 2. The van der Waals surface area contributed by atoms with Gasteiger partial charge in [0.1, 0.15) is 0 Å². The van der Waals surface area contributed by atoms with Gasteiger partial charge in [0.05, 0.1) is 16.6 Å². The van der Waals surface area contributed by atoms with Gasteiger partial charge in [-0.15, -0.1) is 0 Å². The lowest BCUT2D eigenvalue weighted by atomic mass is 9.65. The minimum atomic E-state index is -0.615. The van der Waals surface area contributed by atoms with Gasteiger partial charge in [-0.05, 0) is 88.8 Å². The standard InChI is InChI=1S/C31H44O4S2/c1-28(2,3)37-27(33)21(14-17-25-29(4,5)35-30(6,7)34-25)22-15-16-23-26(24(32)18-19-31(22,23)8)36-20-12-10-9-11-13-20/h9-13,21-22,25H,14-19H2,1-8H3/t21-,22-,25+,31-/m1/s1. The molecule has 0 bridgehead atoms. The van der Waals surface area contributed by atoms with E-state index in [4.69, 9.17) is 9.47 Å². The summed E-state index contributed by atoms with van der Waals surface area (Å²) in [5, 5.41) is 0.283. The van der Waals surface area contributed by atoms with E-state index in [1.165, 1.54) is 17.3 Å². The Kier molecular flexibility index (Phi) is 8.19. The number of fused-ring (bicyclic) bond motifs is 1. The molecule has 2 fully saturated rings. The molecule has 0 aromatic heterocycles. The van der Waals surface area contributed by atoms with Crippen molar-refractivity contribution < 1.29 is 19.1 Å². The Labute approximate surface area is 232 Å². The first kappa shape index (κ1) is 28.9. The fraction of sp³-hybridized carbons (Fsp3) is 0.677. The normalized spacial score (nSPS) is 29.9. The second-order valence-electron chi connectivity index (χ2n) is 13.1. The molecule has 0 unspecified atom stereocenters. The van der Waals surface area contributed by atoms with E-state index in [9.17, 15) is 9.59 Å². The zero-order valence-electron chi connectivity index (χ0n) is 23.8. The Hall–Kier alpha value is -1.08. The predicted molar refractivity (Wildman–Crippen MR) is 154 cm³/mol. The van der Waals surface area contributed by atoms with Crippen molar-refractivity contribution in [2.75, 3.05) is 0 Å². The lowest BCUT2D eigenvalue weighted by Crippen LogP contribution is -2.38. The highest BCUT2D eigenvalue weighted by Gasteiger charge is 2.53. The first-order valence-electron chi connectivity index (χ1n) is 13.7. The molecule has 37 heavy (non-hydrogen) atoms. The highest BCUT2D eigenvalue weighted by atomic mass is 32.2. The highest BCUT2D eigenvalue weighted by molar-refractivity contribution is 8.14. The summed E-state index contributed by atoms with van der Waals surface area (Å²) in [4.78, 5) is 29.1. The number of allylic oxidation sites excluding steroid dienone is 2. The minimum Gasteiger partial charge on any atom is -0.344 e. The predicted octanol–water partition coefficient (Wildman–Crippen LogP) is 8.20. The summed E-state index contributed by atoms with van der Waals surface area (Å²) in [6.07, 6.45) is 4.74. The number of ketones is 1. The molecule has 1 aliphatic heterocycles. The first-order chi connectivity index (χ1) is 17.1. The van der Waals surface area contributed by atoms with Crippen LogP contribution in [0.2, 0.25) is 0 Å². The van der Waals surface area contributed by atoms with Crippen LogP contribution in [0.4, 0.5) is 0 Å².